The monoisotopic (exact) mass is 395 g/mol. The van der Waals surface area contributed by atoms with Gasteiger partial charge >= 0.3 is 6.18 Å². The van der Waals surface area contributed by atoms with Gasteiger partial charge in [0.05, 0.1) is 6.04 Å². The first kappa shape index (κ1) is 19.9. The van der Waals surface area contributed by atoms with Gasteiger partial charge in [-0.05, 0) is 23.8 Å². The predicted molar refractivity (Wildman–Crippen MR) is 95.0 cm³/mol. The van der Waals surface area contributed by atoms with Gasteiger partial charge in [0.2, 0.25) is 0 Å². The molecule has 0 bridgehead atoms. The average molecular weight is 395 g/mol. The summed E-state index contributed by atoms with van der Waals surface area (Å²) in [5.74, 6) is -0.231. The number of piperazine rings is 1. The van der Waals surface area contributed by atoms with Crippen molar-refractivity contribution in [3.63, 3.8) is 0 Å². The van der Waals surface area contributed by atoms with Crippen LogP contribution in [0, 0.1) is 0 Å². The van der Waals surface area contributed by atoms with Gasteiger partial charge in [0.15, 0.2) is 24.7 Å². The number of ether oxygens (including phenoxy) is 2. The molecule has 1 atom stereocenters. The number of nitrogens with one attached hydrogen (secondary N) is 1. The van der Waals surface area contributed by atoms with Crippen LogP contribution in [0.5, 0.6) is 11.5 Å². The summed E-state index contributed by atoms with van der Waals surface area (Å²) in [5.41, 5.74) is 0.900. The molecule has 1 aromatic heterocycles. The molecule has 9 heteroatoms. The minimum atomic E-state index is -4.46. The highest BCUT2D eigenvalue weighted by Crippen LogP contribution is 2.29. The number of alkyl halides is 3. The molecule has 0 spiro atoms. The van der Waals surface area contributed by atoms with Crippen LogP contribution in [0.1, 0.15) is 11.6 Å². The lowest BCUT2D eigenvalue weighted by Gasteiger charge is -2.36. The fraction of sp³-hybridized carbons (Fsp3) is 0.368. The first-order valence-electron chi connectivity index (χ1n) is 8.75. The molecule has 3 rings (SSSR count). The number of carbonyl (C=O) groups is 1. The summed E-state index contributed by atoms with van der Waals surface area (Å²) in [6.45, 7) is -0.00415. The van der Waals surface area contributed by atoms with Gasteiger partial charge in [0.1, 0.15) is 0 Å². The smallest absolute Gasteiger partial charge is 0.422 e. The normalized spacial score (nSPS) is 17.2. The summed E-state index contributed by atoms with van der Waals surface area (Å²) >= 11 is 0. The fourth-order valence-electron chi connectivity index (χ4n) is 2.94. The largest absolute Gasteiger partial charge is 0.480 e. The molecule has 1 saturated heterocycles. The highest BCUT2D eigenvalue weighted by molar-refractivity contribution is 5.78. The molecule has 1 amide bonds. The first-order chi connectivity index (χ1) is 13.4. The number of pyridine rings is 1. The molecule has 1 N–H and O–H groups in total. The number of halogens is 3. The van der Waals surface area contributed by atoms with E-state index in [1.54, 1.807) is 29.4 Å². The van der Waals surface area contributed by atoms with Crippen LogP contribution in [0.4, 0.5) is 13.2 Å². The van der Waals surface area contributed by atoms with Crippen LogP contribution < -0.4 is 14.8 Å². The third-order valence-electron chi connectivity index (χ3n) is 4.22. The number of hydrogen-bond donors (Lipinski definition) is 1. The summed E-state index contributed by atoms with van der Waals surface area (Å²) in [7, 11) is 0. The number of benzene rings is 1. The third kappa shape index (κ3) is 5.35. The van der Waals surface area contributed by atoms with Crippen LogP contribution in [-0.4, -0.2) is 54.8 Å². The average Bonchev–Trinajstić information content (AvgIpc) is 2.71. The van der Waals surface area contributed by atoms with Crippen molar-refractivity contribution in [2.75, 3.05) is 32.8 Å². The fourth-order valence-corrected chi connectivity index (χ4v) is 2.94. The SMILES string of the molecule is O=C(COc1ccccc1OCC(F)(F)F)N1CCNCC1c1cccnc1. The lowest BCUT2D eigenvalue weighted by atomic mass is 10.1. The van der Waals surface area contributed by atoms with E-state index in [1.807, 2.05) is 6.07 Å². The second-order valence-electron chi connectivity index (χ2n) is 6.23. The van der Waals surface area contributed by atoms with Crippen molar-refractivity contribution in [3.8, 4) is 11.5 Å². The Hall–Kier alpha value is -2.81. The Bertz CT molecular complexity index is 787. The summed E-state index contributed by atoms with van der Waals surface area (Å²) in [4.78, 5) is 18.5. The molecule has 2 heterocycles. The van der Waals surface area contributed by atoms with Gasteiger partial charge in [0.25, 0.3) is 5.91 Å². The zero-order chi connectivity index (χ0) is 20.0. The highest BCUT2D eigenvalue weighted by atomic mass is 19.4. The maximum Gasteiger partial charge on any atom is 0.422 e. The summed E-state index contributed by atoms with van der Waals surface area (Å²) < 4.78 is 47.4. The van der Waals surface area contributed by atoms with Gasteiger partial charge in [0, 0.05) is 32.0 Å². The van der Waals surface area contributed by atoms with E-state index in [2.05, 4.69) is 10.3 Å². The maximum absolute atomic E-state index is 12.7. The van der Waals surface area contributed by atoms with Gasteiger partial charge in [-0.25, -0.2) is 0 Å². The molecule has 0 radical (unpaired) electrons. The molecule has 2 aromatic rings. The maximum atomic E-state index is 12.7. The Morgan fingerprint density at radius 1 is 1.18 bits per heavy atom. The van der Waals surface area contributed by atoms with Crippen molar-refractivity contribution in [1.82, 2.24) is 15.2 Å². The van der Waals surface area contributed by atoms with E-state index >= 15 is 0 Å². The van der Waals surface area contributed by atoms with E-state index in [4.69, 9.17) is 9.47 Å². The minimum absolute atomic E-state index is 0.0586. The first-order valence-corrected chi connectivity index (χ1v) is 8.75. The third-order valence-corrected chi connectivity index (χ3v) is 4.22. The summed E-state index contributed by atoms with van der Waals surface area (Å²) in [6.07, 6.45) is -1.09. The Morgan fingerprint density at radius 2 is 1.93 bits per heavy atom. The number of amides is 1. The summed E-state index contributed by atoms with van der Waals surface area (Å²) in [5, 5.41) is 3.24. The van der Waals surface area contributed by atoms with E-state index in [9.17, 15) is 18.0 Å². The Labute approximate surface area is 160 Å². The Morgan fingerprint density at radius 3 is 2.61 bits per heavy atom. The molecule has 1 aliphatic heterocycles. The molecule has 1 aromatic carbocycles. The number of hydrogen-bond acceptors (Lipinski definition) is 5. The van der Waals surface area contributed by atoms with Gasteiger partial charge < -0.3 is 19.7 Å². The molecular formula is C19H20F3N3O3. The van der Waals surface area contributed by atoms with E-state index in [-0.39, 0.29) is 30.1 Å². The van der Waals surface area contributed by atoms with Gasteiger partial charge in [-0.2, -0.15) is 13.2 Å². The number of rotatable bonds is 6. The lowest BCUT2D eigenvalue weighted by Crippen LogP contribution is -2.50. The number of para-hydroxylation sites is 2. The molecule has 6 nitrogen and oxygen atoms in total. The molecule has 1 fully saturated rings. The topological polar surface area (TPSA) is 63.7 Å². The molecule has 150 valence electrons. The number of aromatic nitrogens is 1. The van der Waals surface area contributed by atoms with Crippen LogP contribution >= 0.6 is 0 Å². The van der Waals surface area contributed by atoms with Crippen molar-refractivity contribution in [3.05, 3.63) is 54.4 Å². The molecule has 1 aliphatic rings. The molecule has 0 aliphatic carbocycles. The van der Waals surface area contributed by atoms with Gasteiger partial charge in [-0.1, -0.05) is 18.2 Å². The predicted octanol–water partition coefficient (Wildman–Crippen LogP) is 2.57. The van der Waals surface area contributed by atoms with Crippen molar-refractivity contribution < 1.29 is 27.4 Å². The lowest BCUT2D eigenvalue weighted by molar-refractivity contribution is -0.153. The van der Waals surface area contributed by atoms with Crippen LogP contribution in [0.25, 0.3) is 0 Å². The Kier molecular flexibility index (Phi) is 6.35. The molecule has 0 saturated carbocycles. The second-order valence-corrected chi connectivity index (χ2v) is 6.23. The zero-order valence-corrected chi connectivity index (χ0v) is 15.0. The number of carbonyl (C=O) groups excluding carboxylic acids is 1. The van der Waals surface area contributed by atoms with Crippen molar-refractivity contribution >= 4 is 5.91 Å². The van der Waals surface area contributed by atoms with Gasteiger partial charge in [-0.15, -0.1) is 0 Å². The van der Waals surface area contributed by atoms with E-state index < -0.39 is 12.8 Å². The van der Waals surface area contributed by atoms with Crippen LogP contribution in [0.15, 0.2) is 48.8 Å². The van der Waals surface area contributed by atoms with Crippen LogP contribution in [-0.2, 0) is 4.79 Å². The van der Waals surface area contributed by atoms with Crippen LogP contribution in [0.3, 0.4) is 0 Å². The molecular weight excluding hydrogens is 375 g/mol. The standard InChI is InChI=1S/C19H20F3N3O3/c20-19(21,22)13-28-17-6-2-1-5-16(17)27-12-18(26)25-9-8-24-11-15(25)14-4-3-7-23-10-14/h1-7,10,15,24H,8-9,11-13H2. The quantitative estimate of drug-likeness (QED) is 0.815. The Balaban J connectivity index is 1.65. The highest BCUT2D eigenvalue weighted by Gasteiger charge is 2.30. The van der Waals surface area contributed by atoms with Crippen molar-refractivity contribution in [2.24, 2.45) is 0 Å². The van der Waals surface area contributed by atoms with E-state index in [0.717, 1.165) is 5.56 Å². The molecule has 28 heavy (non-hydrogen) atoms. The number of nitrogens with zero attached hydrogens (tertiary/aromatic N) is 2. The summed E-state index contributed by atoms with van der Waals surface area (Å²) in [6, 6.07) is 9.49. The minimum Gasteiger partial charge on any atom is -0.480 e. The van der Waals surface area contributed by atoms with E-state index in [1.165, 1.54) is 18.2 Å². The van der Waals surface area contributed by atoms with Gasteiger partial charge in [-0.3, -0.25) is 9.78 Å². The zero-order valence-electron chi connectivity index (χ0n) is 15.0. The molecule has 1 unspecified atom stereocenters. The second kappa shape index (κ2) is 8.92. The van der Waals surface area contributed by atoms with Crippen LogP contribution in [0.2, 0.25) is 0 Å². The van der Waals surface area contributed by atoms with E-state index in [0.29, 0.717) is 19.6 Å². The van der Waals surface area contributed by atoms with Crippen molar-refractivity contribution in [2.45, 2.75) is 12.2 Å². The van der Waals surface area contributed by atoms with Crippen molar-refractivity contribution in [1.29, 1.82) is 0 Å².